The molecule has 1 amide bonds. The Morgan fingerprint density at radius 1 is 1.30 bits per heavy atom. The number of likely N-dealkylation sites (tertiary alicyclic amines) is 1. The molecule has 4 heteroatoms. The van der Waals surface area contributed by atoms with Gasteiger partial charge in [0.25, 0.3) is 0 Å². The molecule has 3 aliphatic rings. The average molecular weight is 280 g/mol. The number of hydrogen-bond donors (Lipinski definition) is 0. The van der Waals surface area contributed by atoms with Crippen LogP contribution in [0.2, 0.25) is 0 Å². The second-order valence-electron chi connectivity index (χ2n) is 7.25. The first-order chi connectivity index (χ1) is 9.61. The molecule has 1 heterocycles. The number of carbonyl (C=O) groups excluding carboxylic acids is 1. The SMILES string of the molecule is CN(C)C(=O)COC[C@@]12CCC[C@@H]1CN(C1CCC1)C2. The number of hydrogen-bond acceptors (Lipinski definition) is 3. The average Bonchev–Trinajstić information content (AvgIpc) is 2.83. The Bertz CT molecular complexity index is 367. The summed E-state index contributed by atoms with van der Waals surface area (Å²) in [6, 6.07) is 0.848. The topological polar surface area (TPSA) is 32.8 Å². The van der Waals surface area contributed by atoms with Crippen molar-refractivity contribution in [2.45, 2.75) is 44.6 Å². The van der Waals surface area contributed by atoms with Crippen LogP contribution in [0.1, 0.15) is 38.5 Å². The fourth-order valence-electron chi connectivity index (χ4n) is 4.19. The van der Waals surface area contributed by atoms with Gasteiger partial charge in [-0.15, -0.1) is 0 Å². The molecule has 4 nitrogen and oxygen atoms in total. The molecule has 0 spiro atoms. The fraction of sp³-hybridized carbons (Fsp3) is 0.938. The molecule has 0 radical (unpaired) electrons. The van der Waals surface area contributed by atoms with Gasteiger partial charge in [0, 0.05) is 38.6 Å². The van der Waals surface area contributed by atoms with E-state index >= 15 is 0 Å². The van der Waals surface area contributed by atoms with Gasteiger partial charge in [-0.1, -0.05) is 12.8 Å². The summed E-state index contributed by atoms with van der Waals surface area (Å²) in [7, 11) is 3.58. The minimum absolute atomic E-state index is 0.0739. The van der Waals surface area contributed by atoms with Crippen LogP contribution in [0.3, 0.4) is 0 Å². The standard InChI is InChI=1S/C16H28N2O2/c1-17(2)15(19)10-20-12-16-8-4-5-13(16)9-18(11-16)14-6-3-7-14/h13-14H,3-12H2,1-2H3/t13-,16+/m1/s1. The zero-order chi connectivity index (χ0) is 14.2. The van der Waals surface area contributed by atoms with Gasteiger partial charge in [0.15, 0.2) is 0 Å². The Morgan fingerprint density at radius 3 is 2.75 bits per heavy atom. The van der Waals surface area contributed by atoms with Crippen LogP contribution < -0.4 is 0 Å². The van der Waals surface area contributed by atoms with Crippen LogP contribution in [0.25, 0.3) is 0 Å². The number of fused-ring (bicyclic) bond motifs is 1. The minimum Gasteiger partial charge on any atom is -0.371 e. The van der Waals surface area contributed by atoms with Crippen molar-refractivity contribution < 1.29 is 9.53 Å². The third-order valence-corrected chi connectivity index (χ3v) is 5.77. The highest BCUT2D eigenvalue weighted by atomic mass is 16.5. The molecule has 0 bridgehead atoms. The Hall–Kier alpha value is -0.610. The van der Waals surface area contributed by atoms with Crippen LogP contribution in [0.4, 0.5) is 0 Å². The molecule has 0 aromatic rings. The largest absolute Gasteiger partial charge is 0.371 e. The predicted octanol–water partition coefficient (Wildman–Crippen LogP) is 1.75. The summed E-state index contributed by atoms with van der Waals surface area (Å²) in [5, 5.41) is 0. The summed E-state index contributed by atoms with van der Waals surface area (Å²) >= 11 is 0. The van der Waals surface area contributed by atoms with Crippen molar-refractivity contribution in [3.63, 3.8) is 0 Å². The number of rotatable bonds is 5. The minimum atomic E-state index is 0.0739. The maximum Gasteiger partial charge on any atom is 0.248 e. The van der Waals surface area contributed by atoms with Gasteiger partial charge in [-0.05, 0) is 31.6 Å². The number of nitrogens with zero attached hydrogens (tertiary/aromatic N) is 2. The molecule has 20 heavy (non-hydrogen) atoms. The third-order valence-electron chi connectivity index (χ3n) is 5.77. The van der Waals surface area contributed by atoms with E-state index in [1.165, 1.54) is 51.6 Å². The quantitative estimate of drug-likeness (QED) is 0.769. The molecule has 2 atom stereocenters. The molecular weight excluding hydrogens is 252 g/mol. The van der Waals surface area contributed by atoms with Crippen molar-refractivity contribution in [3.05, 3.63) is 0 Å². The summed E-state index contributed by atoms with van der Waals surface area (Å²) < 4.78 is 5.81. The van der Waals surface area contributed by atoms with Gasteiger partial charge in [-0.3, -0.25) is 9.69 Å². The monoisotopic (exact) mass is 280 g/mol. The van der Waals surface area contributed by atoms with Crippen LogP contribution in [-0.4, -0.2) is 62.1 Å². The normalized spacial score (nSPS) is 34.0. The summed E-state index contributed by atoms with van der Waals surface area (Å²) in [6.45, 7) is 3.50. The molecular formula is C16H28N2O2. The molecule has 3 fully saturated rings. The highest BCUT2D eigenvalue weighted by molar-refractivity contribution is 5.76. The van der Waals surface area contributed by atoms with Crippen molar-refractivity contribution in [1.29, 1.82) is 0 Å². The first kappa shape index (κ1) is 14.3. The van der Waals surface area contributed by atoms with E-state index in [1.54, 1.807) is 19.0 Å². The summed E-state index contributed by atoms with van der Waals surface area (Å²) in [5.74, 6) is 0.877. The number of likely N-dealkylation sites (N-methyl/N-ethyl adjacent to an activating group) is 1. The molecule has 0 aromatic carbocycles. The Morgan fingerprint density at radius 2 is 2.10 bits per heavy atom. The smallest absolute Gasteiger partial charge is 0.248 e. The first-order valence-electron chi connectivity index (χ1n) is 8.13. The van der Waals surface area contributed by atoms with E-state index in [4.69, 9.17) is 4.74 Å². The van der Waals surface area contributed by atoms with Crippen LogP contribution >= 0.6 is 0 Å². The summed E-state index contributed by atoms with van der Waals surface area (Å²) in [5.41, 5.74) is 0.349. The van der Waals surface area contributed by atoms with Crippen LogP contribution in [0.15, 0.2) is 0 Å². The lowest BCUT2D eigenvalue weighted by Crippen LogP contribution is -2.41. The van der Waals surface area contributed by atoms with E-state index in [1.807, 2.05) is 0 Å². The highest BCUT2D eigenvalue weighted by Gasteiger charge is 2.51. The molecule has 3 rings (SSSR count). The van der Waals surface area contributed by atoms with Crippen molar-refractivity contribution >= 4 is 5.91 Å². The number of ether oxygens (including phenoxy) is 1. The fourth-order valence-corrected chi connectivity index (χ4v) is 4.19. The second kappa shape index (κ2) is 5.64. The molecule has 2 saturated carbocycles. The maximum atomic E-state index is 11.6. The molecule has 0 N–H and O–H groups in total. The molecule has 114 valence electrons. The van der Waals surface area contributed by atoms with E-state index in [2.05, 4.69) is 4.90 Å². The van der Waals surface area contributed by atoms with E-state index < -0.39 is 0 Å². The van der Waals surface area contributed by atoms with Gasteiger partial charge in [-0.2, -0.15) is 0 Å². The maximum absolute atomic E-state index is 11.6. The van der Waals surface area contributed by atoms with Gasteiger partial charge >= 0.3 is 0 Å². The zero-order valence-corrected chi connectivity index (χ0v) is 12.9. The van der Waals surface area contributed by atoms with Gasteiger partial charge < -0.3 is 9.64 Å². The van der Waals surface area contributed by atoms with Gasteiger partial charge in [0.2, 0.25) is 5.91 Å². The zero-order valence-electron chi connectivity index (χ0n) is 12.9. The lowest BCUT2D eigenvalue weighted by Gasteiger charge is -2.36. The molecule has 0 aromatic heterocycles. The van der Waals surface area contributed by atoms with E-state index in [0.717, 1.165) is 18.6 Å². The summed E-state index contributed by atoms with van der Waals surface area (Å²) in [6.07, 6.45) is 8.18. The van der Waals surface area contributed by atoms with E-state index in [9.17, 15) is 4.79 Å². The molecule has 1 aliphatic heterocycles. The predicted molar refractivity (Wildman–Crippen MR) is 78.5 cm³/mol. The van der Waals surface area contributed by atoms with Gasteiger partial charge in [0.05, 0.1) is 6.61 Å². The van der Waals surface area contributed by atoms with Gasteiger partial charge in [0.1, 0.15) is 6.61 Å². The number of amides is 1. The van der Waals surface area contributed by atoms with Crippen LogP contribution in [0, 0.1) is 11.3 Å². The Kier molecular flexibility index (Phi) is 4.04. The van der Waals surface area contributed by atoms with Gasteiger partial charge in [-0.25, -0.2) is 0 Å². The molecule has 1 saturated heterocycles. The van der Waals surface area contributed by atoms with Crippen LogP contribution in [0.5, 0.6) is 0 Å². The lowest BCUT2D eigenvalue weighted by molar-refractivity contribution is -0.135. The molecule has 2 aliphatic carbocycles. The van der Waals surface area contributed by atoms with Crippen LogP contribution in [-0.2, 0) is 9.53 Å². The van der Waals surface area contributed by atoms with Crippen molar-refractivity contribution in [2.75, 3.05) is 40.4 Å². The third kappa shape index (κ3) is 2.60. The Balaban J connectivity index is 1.54. The lowest BCUT2D eigenvalue weighted by atomic mass is 9.81. The molecule has 0 unspecified atom stereocenters. The first-order valence-corrected chi connectivity index (χ1v) is 8.13. The number of carbonyl (C=O) groups is 1. The summed E-state index contributed by atoms with van der Waals surface area (Å²) in [4.78, 5) is 15.9. The second-order valence-corrected chi connectivity index (χ2v) is 7.25. The highest BCUT2D eigenvalue weighted by Crippen LogP contribution is 2.50. The van der Waals surface area contributed by atoms with E-state index in [0.29, 0.717) is 5.41 Å². The van der Waals surface area contributed by atoms with Crippen molar-refractivity contribution in [3.8, 4) is 0 Å². The Labute approximate surface area is 122 Å². The van der Waals surface area contributed by atoms with Crippen molar-refractivity contribution in [2.24, 2.45) is 11.3 Å². The van der Waals surface area contributed by atoms with Crippen molar-refractivity contribution in [1.82, 2.24) is 9.80 Å². The van der Waals surface area contributed by atoms with E-state index in [-0.39, 0.29) is 12.5 Å².